The van der Waals surface area contributed by atoms with E-state index in [1.54, 1.807) is 24.3 Å². The second-order valence-corrected chi connectivity index (χ2v) is 6.21. The number of barbiturate groups is 1. The number of benzene rings is 2. The standard InChI is InChI=1S/C17H10BrN3O5/c18-11-4-1-3-10(7-11)8-14-15(22)19-17(24)20(16(14)23)12-5-2-6-13(9-12)21(25)26/h1-9H,(H,19,22,24)/b14-8-. The fourth-order valence-corrected chi connectivity index (χ4v) is 2.82. The normalized spacial score (nSPS) is 16.0. The Balaban J connectivity index is 2.03. The predicted octanol–water partition coefficient (Wildman–Crippen LogP) is 3.02. The van der Waals surface area contributed by atoms with E-state index in [1.807, 2.05) is 0 Å². The van der Waals surface area contributed by atoms with Crippen LogP contribution in [0.15, 0.2) is 58.6 Å². The molecular formula is C17H10BrN3O5. The number of imide groups is 2. The van der Waals surface area contributed by atoms with Crippen LogP contribution in [0.2, 0.25) is 0 Å². The number of carbonyl (C=O) groups is 3. The molecule has 1 aliphatic heterocycles. The molecule has 1 aliphatic rings. The van der Waals surface area contributed by atoms with Gasteiger partial charge in [-0.15, -0.1) is 0 Å². The van der Waals surface area contributed by atoms with Gasteiger partial charge in [0.15, 0.2) is 0 Å². The van der Waals surface area contributed by atoms with E-state index in [-0.39, 0.29) is 16.9 Å². The summed E-state index contributed by atoms with van der Waals surface area (Å²) in [5.41, 5.74) is 0.0345. The van der Waals surface area contributed by atoms with E-state index in [9.17, 15) is 24.5 Å². The quantitative estimate of drug-likeness (QED) is 0.358. The van der Waals surface area contributed by atoms with Gasteiger partial charge in [-0.3, -0.25) is 25.0 Å². The van der Waals surface area contributed by atoms with Gasteiger partial charge in [-0.2, -0.15) is 0 Å². The summed E-state index contributed by atoms with van der Waals surface area (Å²) in [6, 6.07) is 11.0. The van der Waals surface area contributed by atoms with Crippen LogP contribution in [0, 0.1) is 10.1 Å². The van der Waals surface area contributed by atoms with Crippen LogP contribution in [-0.2, 0) is 9.59 Å². The fourth-order valence-electron chi connectivity index (χ4n) is 2.40. The van der Waals surface area contributed by atoms with Gasteiger partial charge in [0.1, 0.15) is 5.57 Å². The molecule has 0 aliphatic carbocycles. The van der Waals surface area contributed by atoms with Crippen LogP contribution in [0.5, 0.6) is 0 Å². The van der Waals surface area contributed by atoms with Crippen molar-refractivity contribution in [3.8, 4) is 0 Å². The zero-order valence-electron chi connectivity index (χ0n) is 13.0. The number of amides is 4. The fraction of sp³-hybridized carbons (Fsp3) is 0. The maximum Gasteiger partial charge on any atom is 0.335 e. The topological polar surface area (TPSA) is 110 Å². The molecule has 8 nitrogen and oxygen atoms in total. The third kappa shape index (κ3) is 3.38. The van der Waals surface area contributed by atoms with Crippen molar-refractivity contribution < 1.29 is 19.3 Å². The van der Waals surface area contributed by atoms with E-state index in [2.05, 4.69) is 21.2 Å². The van der Waals surface area contributed by atoms with E-state index >= 15 is 0 Å². The summed E-state index contributed by atoms with van der Waals surface area (Å²) in [4.78, 5) is 47.9. The van der Waals surface area contributed by atoms with Gasteiger partial charge < -0.3 is 0 Å². The molecule has 1 heterocycles. The van der Waals surface area contributed by atoms with Gasteiger partial charge in [0, 0.05) is 16.6 Å². The molecule has 1 saturated heterocycles. The van der Waals surface area contributed by atoms with Crippen LogP contribution in [0.1, 0.15) is 5.56 Å². The number of nitrogens with one attached hydrogen (secondary N) is 1. The molecule has 0 spiro atoms. The molecule has 4 amide bonds. The molecule has 0 saturated carbocycles. The number of halogens is 1. The van der Waals surface area contributed by atoms with Gasteiger partial charge in [-0.25, -0.2) is 9.69 Å². The molecule has 0 unspecified atom stereocenters. The molecule has 26 heavy (non-hydrogen) atoms. The Labute approximate surface area is 155 Å². The largest absolute Gasteiger partial charge is 0.335 e. The number of non-ortho nitro benzene ring substituents is 1. The van der Waals surface area contributed by atoms with Crippen LogP contribution < -0.4 is 10.2 Å². The number of hydrogen-bond acceptors (Lipinski definition) is 5. The van der Waals surface area contributed by atoms with Gasteiger partial charge in [-0.1, -0.05) is 34.1 Å². The molecule has 3 rings (SSSR count). The minimum absolute atomic E-state index is 0.00524. The highest BCUT2D eigenvalue weighted by Gasteiger charge is 2.37. The number of hydrogen-bond donors (Lipinski definition) is 1. The Hall–Kier alpha value is -3.33. The van der Waals surface area contributed by atoms with Gasteiger partial charge in [-0.05, 0) is 29.8 Å². The lowest BCUT2D eigenvalue weighted by Gasteiger charge is -2.26. The summed E-state index contributed by atoms with van der Waals surface area (Å²) in [6.07, 6.45) is 1.35. The van der Waals surface area contributed by atoms with Crippen molar-refractivity contribution in [1.82, 2.24) is 5.32 Å². The lowest BCUT2D eigenvalue weighted by molar-refractivity contribution is -0.384. The number of nitro benzene ring substituents is 1. The minimum atomic E-state index is -0.966. The number of anilines is 1. The van der Waals surface area contributed by atoms with Crippen molar-refractivity contribution >= 4 is 51.2 Å². The van der Waals surface area contributed by atoms with E-state index in [1.165, 1.54) is 24.3 Å². The van der Waals surface area contributed by atoms with Crippen LogP contribution in [0.3, 0.4) is 0 Å². The highest BCUT2D eigenvalue weighted by atomic mass is 79.9. The maximum absolute atomic E-state index is 12.7. The van der Waals surface area contributed by atoms with Crippen LogP contribution in [0.25, 0.3) is 6.08 Å². The van der Waals surface area contributed by atoms with Crippen molar-refractivity contribution in [2.75, 3.05) is 4.90 Å². The first-order chi connectivity index (χ1) is 12.4. The van der Waals surface area contributed by atoms with E-state index in [4.69, 9.17) is 0 Å². The molecular weight excluding hydrogens is 406 g/mol. The molecule has 1 N–H and O–H groups in total. The summed E-state index contributed by atoms with van der Waals surface area (Å²) in [5.74, 6) is -1.69. The third-order valence-electron chi connectivity index (χ3n) is 3.56. The van der Waals surface area contributed by atoms with E-state index < -0.39 is 22.8 Å². The number of rotatable bonds is 3. The zero-order chi connectivity index (χ0) is 18.8. The number of carbonyl (C=O) groups excluding carboxylic acids is 3. The van der Waals surface area contributed by atoms with Crippen molar-refractivity contribution in [1.29, 1.82) is 0 Å². The Kier molecular flexibility index (Phi) is 4.63. The van der Waals surface area contributed by atoms with Crippen LogP contribution in [0.4, 0.5) is 16.2 Å². The molecule has 9 heteroatoms. The maximum atomic E-state index is 12.7. The summed E-state index contributed by atoms with van der Waals surface area (Å²) >= 11 is 3.29. The molecule has 0 radical (unpaired) electrons. The smallest absolute Gasteiger partial charge is 0.273 e. The Bertz CT molecular complexity index is 986. The highest BCUT2D eigenvalue weighted by molar-refractivity contribution is 9.10. The molecule has 1 fully saturated rings. The molecule has 0 aromatic heterocycles. The Morgan fingerprint density at radius 1 is 1.08 bits per heavy atom. The first-order valence-electron chi connectivity index (χ1n) is 7.28. The van der Waals surface area contributed by atoms with Crippen molar-refractivity contribution in [3.63, 3.8) is 0 Å². The molecule has 0 bridgehead atoms. The predicted molar refractivity (Wildman–Crippen MR) is 96.2 cm³/mol. The summed E-state index contributed by atoms with van der Waals surface area (Å²) in [6.45, 7) is 0. The van der Waals surface area contributed by atoms with Gasteiger partial charge >= 0.3 is 6.03 Å². The average molecular weight is 416 g/mol. The number of urea groups is 1. The Morgan fingerprint density at radius 2 is 1.81 bits per heavy atom. The first-order valence-corrected chi connectivity index (χ1v) is 8.07. The van der Waals surface area contributed by atoms with Gasteiger partial charge in [0.25, 0.3) is 17.5 Å². The molecule has 0 atom stereocenters. The highest BCUT2D eigenvalue weighted by Crippen LogP contribution is 2.25. The SMILES string of the molecule is O=C1NC(=O)N(c2cccc([N+](=O)[O-])c2)C(=O)/C1=C\c1cccc(Br)c1. The van der Waals surface area contributed by atoms with Crippen molar-refractivity contribution in [3.05, 3.63) is 74.3 Å². The summed E-state index contributed by atoms with van der Waals surface area (Å²) in [5, 5.41) is 13.0. The van der Waals surface area contributed by atoms with Crippen molar-refractivity contribution in [2.24, 2.45) is 0 Å². The van der Waals surface area contributed by atoms with Gasteiger partial charge in [0.2, 0.25) is 0 Å². The minimum Gasteiger partial charge on any atom is -0.273 e. The lowest BCUT2D eigenvalue weighted by Crippen LogP contribution is -2.54. The summed E-state index contributed by atoms with van der Waals surface area (Å²) < 4.78 is 0.752. The average Bonchev–Trinajstić information content (AvgIpc) is 2.59. The van der Waals surface area contributed by atoms with E-state index in [0.717, 1.165) is 10.5 Å². The van der Waals surface area contributed by atoms with Crippen LogP contribution >= 0.6 is 15.9 Å². The molecule has 130 valence electrons. The Morgan fingerprint density at radius 3 is 2.50 bits per heavy atom. The lowest BCUT2D eigenvalue weighted by atomic mass is 10.1. The zero-order valence-corrected chi connectivity index (χ0v) is 14.6. The van der Waals surface area contributed by atoms with Crippen molar-refractivity contribution in [2.45, 2.75) is 0 Å². The number of nitro groups is 1. The second kappa shape index (κ2) is 6.89. The number of nitrogens with zero attached hydrogens (tertiary/aromatic N) is 2. The molecule has 2 aromatic rings. The summed E-state index contributed by atoms with van der Waals surface area (Å²) in [7, 11) is 0. The van der Waals surface area contributed by atoms with Crippen LogP contribution in [-0.4, -0.2) is 22.8 Å². The first kappa shape index (κ1) is 17.5. The van der Waals surface area contributed by atoms with Gasteiger partial charge in [0.05, 0.1) is 10.6 Å². The monoisotopic (exact) mass is 415 g/mol. The van der Waals surface area contributed by atoms with E-state index in [0.29, 0.717) is 10.5 Å². The molecule has 2 aromatic carbocycles. The second-order valence-electron chi connectivity index (χ2n) is 5.29. The third-order valence-corrected chi connectivity index (χ3v) is 4.05.